The number of likely N-dealkylation sites (tertiary alicyclic amines) is 3. The van der Waals surface area contributed by atoms with Crippen LogP contribution in [0.4, 0.5) is 26.3 Å². The van der Waals surface area contributed by atoms with E-state index in [2.05, 4.69) is 81.3 Å². The molecule has 0 aliphatic carbocycles. The van der Waals surface area contributed by atoms with Crippen LogP contribution in [-0.4, -0.2) is 215 Å². The van der Waals surface area contributed by atoms with Gasteiger partial charge in [-0.2, -0.15) is 10.5 Å². The van der Waals surface area contributed by atoms with Crippen molar-refractivity contribution in [3.05, 3.63) is 262 Å². The van der Waals surface area contributed by atoms with Crippen LogP contribution in [0, 0.1) is 75.3 Å². The molecule has 0 saturated carbocycles. The molecule has 0 amide bonds. The van der Waals surface area contributed by atoms with Crippen molar-refractivity contribution in [2.24, 2.45) is 35.2 Å². The van der Waals surface area contributed by atoms with Crippen LogP contribution in [-0.2, 0) is 58.8 Å². The molecule has 143 heavy (non-hydrogen) atoms. The Labute approximate surface area is 866 Å². The number of ketones is 6. The lowest BCUT2D eigenvalue weighted by molar-refractivity contribution is -0.152. The third-order valence-electron chi connectivity index (χ3n) is 19.1. The summed E-state index contributed by atoms with van der Waals surface area (Å²) in [5.41, 5.74) is 8.07. The van der Waals surface area contributed by atoms with Crippen molar-refractivity contribution >= 4 is 190 Å². The van der Waals surface area contributed by atoms with Gasteiger partial charge in [-0.3, -0.25) is 50.0 Å². The number of thiocarbonyl (C=S) groups is 1. The number of ether oxygens (including phenoxy) is 6. The van der Waals surface area contributed by atoms with Crippen molar-refractivity contribution in [1.29, 1.82) is 10.5 Å². The number of carbonyl (C=O) groups excluding carboxylic acids is 13. The van der Waals surface area contributed by atoms with E-state index < -0.39 is 53.1 Å². The predicted molar refractivity (Wildman–Crippen MR) is 543 cm³/mol. The minimum atomic E-state index is -1.11. The van der Waals surface area contributed by atoms with Gasteiger partial charge < -0.3 is 48.9 Å². The van der Waals surface area contributed by atoms with E-state index in [1.54, 1.807) is 75.7 Å². The predicted octanol–water partition coefficient (Wildman–Crippen LogP) is 18.7. The topological polar surface area (TPSA) is 451 Å². The van der Waals surface area contributed by atoms with Crippen molar-refractivity contribution in [3.63, 3.8) is 0 Å². The molecule has 3 saturated heterocycles. The zero-order chi connectivity index (χ0) is 106. The van der Waals surface area contributed by atoms with Gasteiger partial charge in [0, 0.05) is 68.8 Å². The third-order valence-corrected chi connectivity index (χ3v) is 22.7. The number of thiazole rings is 3. The molecule has 3 fully saturated rings. The van der Waals surface area contributed by atoms with Gasteiger partial charge >= 0.3 is 35.8 Å². The number of hydrogen-bond donors (Lipinski definition) is 3. The van der Waals surface area contributed by atoms with Crippen LogP contribution < -0.4 is 17.4 Å². The molecule has 3 aliphatic rings. The highest BCUT2D eigenvalue weighted by Gasteiger charge is 2.38. The lowest BCUT2D eigenvalue weighted by Crippen LogP contribution is -2.37. The van der Waals surface area contributed by atoms with Crippen LogP contribution in [0.1, 0.15) is 210 Å². The van der Waals surface area contributed by atoms with Crippen LogP contribution in [0.25, 0.3) is 11.8 Å². The Morgan fingerprint density at radius 2 is 0.825 bits per heavy atom. The van der Waals surface area contributed by atoms with Crippen LogP contribution in [0.15, 0.2) is 162 Å². The average Bonchev–Trinajstić information content (AvgIpc) is 1.68. The van der Waals surface area contributed by atoms with Gasteiger partial charge in [-0.15, -0.1) is 57.2 Å². The van der Waals surface area contributed by atoms with Crippen molar-refractivity contribution in [2.45, 2.75) is 113 Å². The molecule has 772 valence electrons. The Kier molecular flexibility index (Phi) is 66.0. The molecule has 6 aromatic carbocycles. The summed E-state index contributed by atoms with van der Waals surface area (Å²) < 4.78 is 106. The fourth-order valence-corrected chi connectivity index (χ4v) is 14.9. The lowest BCUT2D eigenvalue weighted by atomic mass is 9.82. The van der Waals surface area contributed by atoms with Gasteiger partial charge in [0.2, 0.25) is 11.0 Å². The number of hydrogen-bond acceptors (Lipinski definition) is 33. The molecular formula is C99H113BrCl3F6N11O19S4. The van der Waals surface area contributed by atoms with Crippen LogP contribution >= 0.6 is 97.0 Å². The maximum atomic E-state index is 13.3. The monoisotopic (exact) mass is 2190 g/mol. The minimum absolute atomic E-state index is 0. The molecule has 12 rings (SSSR count). The minimum Gasteiger partial charge on any atom is -0.462 e. The fraction of sp³-hybridized carbons (Fsp3) is 0.364. The third kappa shape index (κ3) is 50.7. The molecular weight excluding hydrogens is 2080 g/mol. The number of aromatic nitrogens is 3. The van der Waals surface area contributed by atoms with Crippen molar-refractivity contribution in [2.75, 3.05) is 104 Å². The summed E-state index contributed by atoms with van der Waals surface area (Å²) in [6.45, 7) is 16.5. The Morgan fingerprint density at radius 1 is 0.490 bits per heavy atom. The number of Topliss-reactive ketones (excluding diaryl/α,β-unsaturated/α-hetero) is 6. The Balaban J connectivity index is 0.000000835. The summed E-state index contributed by atoms with van der Waals surface area (Å²) in [6, 6.07) is 35.3. The van der Waals surface area contributed by atoms with Gasteiger partial charge in [0.05, 0.1) is 91.6 Å². The van der Waals surface area contributed by atoms with Crippen molar-refractivity contribution in [3.8, 4) is 12.1 Å². The zero-order valence-electron chi connectivity index (χ0n) is 79.0. The largest absolute Gasteiger partial charge is 0.462 e. The quantitative estimate of drug-likeness (QED) is 0.00319. The molecule has 1 unspecified atom stereocenters. The van der Waals surface area contributed by atoms with Crippen LogP contribution in [0.2, 0.25) is 0 Å². The summed E-state index contributed by atoms with van der Waals surface area (Å²) in [5, 5.41) is 21.5. The Morgan fingerprint density at radius 3 is 1.21 bits per heavy atom. The molecule has 3 aromatic heterocycles. The molecule has 0 spiro atoms. The van der Waals surface area contributed by atoms with Crippen molar-refractivity contribution in [1.82, 2.24) is 29.7 Å². The number of alkyl halides is 3. The van der Waals surface area contributed by atoms with Gasteiger partial charge in [0.15, 0.2) is 46.0 Å². The molecule has 0 radical (unpaired) electrons. The van der Waals surface area contributed by atoms with Crippen LogP contribution in [0.5, 0.6) is 0 Å². The number of hydrazine groups is 1. The van der Waals surface area contributed by atoms with E-state index >= 15 is 0 Å². The van der Waals surface area contributed by atoms with Gasteiger partial charge in [-0.05, 0) is 291 Å². The number of nitrogens with two attached hydrogens (primary N) is 3. The first-order valence-electron chi connectivity index (χ1n) is 43.4. The van der Waals surface area contributed by atoms with Crippen molar-refractivity contribution < 1.29 is 117 Å². The maximum Gasteiger partial charge on any atom is 0.375 e. The zero-order valence-corrected chi connectivity index (χ0v) is 86.1. The van der Waals surface area contributed by atoms with Crippen LogP contribution in [0.3, 0.4) is 0 Å². The normalized spacial score (nSPS) is 12.8. The smallest absolute Gasteiger partial charge is 0.375 e. The molecule has 9 aromatic rings. The fourth-order valence-electron chi connectivity index (χ4n) is 12.0. The van der Waals surface area contributed by atoms with E-state index in [9.17, 15) is 88.7 Å². The molecule has 3 aliphatic heterocycles. The summed E-state index contributed by atoms with van der Waals surface area (Å²) in [7, 11) is 6.08. The number of esters is 6. The molecule has 44 heteroatoms. The molecule has 6 N–H and O–H groups in total. The van der Waals surface area contributed by atoms with E-state index in [4.69, 9.17) is 74.7 Å². The van der Waals surface area contributed by atoms with E-state index in [0.717, 1.165) is 76.3 Å². The summed E-state index contributed by atoms with van der Waals surface area (Å²) in [6.07, 6.45) is 6.19. The number of nitriles is 2. The number of piperidine rings is 3. The second-order valence-electron chi connectivity index (χ2n) is 29.4. The first-order valence-corrected chi connectivity index (χ1v) is 49.0. The van der Waals surface area contributed by atoms with E-state index in [0.29, 0.717) is 57.3 Å². The number of rotatable bonds is 29. The number of halogens is 10. The molecule has 0 bridgehead atoms. The number of benzene rings is 6. The van der Waals surface area contributed by atoms with Gasteiger partial charge in [-0.1, -0.05) is 35.6 Å². The maximum absolute atomic E-state index is 13.3. The molecule has 30 nitrogen and oxygen atoms in total. The van der Waals surface area contributed by atoms with E-state index in [-0.39, 0.29) is 183 Å². The summed E-state index contributed by atoms with van der Waals surface area (Å²) in [5.74, 6) is -0.384. The van der Waals surface area contributed by atoms with Gasteiger partial charge in [0.25, 0.3) is 0 Å². The number of nitrogens with zero attached hydrogens (tertiary/aromatic N) is 8. The van der Waals surface area contributed by atoms with E-state index in [1.165, 1.54) is 168 Å². The summed E-state index contributed by atoms with van der Waals surface area (Å²) >= 11 is 25.8. The second-order valence-corrected chi connectivity index (χ2v) is 34.4. The summed E-state index contributed by atoms with van der Waals surface area (Å²) in [4.78, 5) is 170. The Hall–Kier alpha value is -11.9. The number of carbonyl (C=O) groups is 13. The molecule has 1 atom stereocenters. The second kappa shape index (κ2) is 73.2. The lowest BCUT2D eigenvalue weighted by Gasteiger charge is -2.29. The van der Waals surface area contributed by atoms with Gasteiger partial charge in [0.1, 0.15) is 61.6 Å². The standard InChI is InChI=1S/2C21H23FN2O4S.C14H12FNO3S.C9H8FNOS.C9H6FNO.C9H9FO2.C7H12ClNO.C5H7BrO3.C2H3N.CH2Cl2.CH4.H4N2/c1-3-27-21(26)17-13-29-19(23-17)12-18(14-4-6-16(22)7-5-14)28-20(25)15-8-10-24(2)11-9-15;1-3-28-21(27)16-12-29-20(23-16)17(18(25)13-4-6-15(22)7-5-13)19(26)14-8-10-24(2)11-9-14;1-2-19-14(18)11-8-20-13(16-11)7-12(17)9-3-5-10(15)6-4-9;10-7-3-1-6(2-4-7)8(12)5-9(11)13;10-8-3-1-7(2-4-8)9(12)5-6-11;1-2-12-9(11)7-3-5-8(10)6-4-7;1-9-4-2-6(3-5-9)7(8)10;1-2-9-5(8)4(7)3-6;1-2-3;2-1-3;;1-2/h4-7,12-13,15H,3,8-11H2,1-2H3;4-7,12,14,17H,3,8-11H2,1-2H3;3-6,8H,2,7H2,1H3;1-4H,5H2,(H2,11,13);1-4H,5H2;3-6H,2H2,1H3;6H,2-5H2,1H3;2-3H2,1H3;1H3;1H2;1H4;1-2H2/b18-12+;;;;;;;;;;;. The van der Waals surface area contributed by atoms with E-state index in [1.807, 2.05) is 14.1 Å². The highest BCUT2D eigenvalue weighted by molar-refractivity contribution is 9.09. The first-order chi connectivity index (χ1) is 67.8. The van der Waals surface area contributed by atoms with Gasteiger partial charge in [-0.25, -0.2) is 65.3 Å². The highest BCUT2D eigenvalue weighted by atomic mass is 79.9. The Bertz CT molecular complexity index is 5610. The average molecular weight is 2190 g/mol. The SMILES string of the molecule is C.CC#N.CCOC(=O)C(=O)CBr.CCOC(=O)c1ccc(F)cc1.CCOC(=O)c1csc(/C=C(/OC(=O)C2CCN(C)CC2)c2ccc(F)cc2)n1.CCOC(=O)c1csc(C(C(=O)c2ccc(F)cc2)C(=O)C2CCN(C)CC2)n1.CCOC(=O)c1csc(CC(=O)c2ccc(F)cc2)n1.CN1CCC(C(=O)Cl)CC1.ClCCl.N#CCC(=O)c1ccc(F)cc1.NC(=S)CC(=O)c1ccc(F)cc1.NN. The molecule has 6 heterocycles. The highest BCUT2D eigenvalue weighted by Crippen LogP contribution is 2.33. The first kappa shape index (κ1) is 129.